The molecular weight excluding hydrogens is 1180 g/mol. The van der Waals surface area contributed by atoms with Crippen LogP contribution in [0.25, 0.3) is 116 Å². The van der Waals surface area contributed by atoms with Gasteiger partial charge < -0.3 is 0 Å². The summed E-state index contributed by atoms with van der Waals surface area (Å²) >= 11 is 15.7. The van der Waals surface area contributed by atoms with E-state index >= 15 is 0 Å². The first-order valence-corrected chi connectivity index (χ1v) is 31.5. The zero-order chi connectivity index (χ0) is 54.6. The second-order valence-corrected chi connectivity index (χ2v) is 28.3. The predicted molar refractivity (Wildman–Crippen MR) is 320 cm³/mol. The molecule has 362 valence electrons. The van der Waals surface area contributed by atoms with Gasteiger partial charge in [0, 0.05) is 123 Å². The van der Waals surface area contributed by atoms with E-state index in [4.69, 9.17) is 0 Å². The molecule has 0 saturated carbocycles. The van der Waals surface area contributed by atoms with Crippen LogP contribution in [0.1, 0.15) is 55.6 Å². The van der Waals surface area contributed by atoms with Crippen LogP contribution in [0.5, 0.6) is 0 Å². The van der Waals surface area contributed by atoms with Crippen LogP contribution in [-0.4, -0.2) is 0 Å². The van der Waals surface area contributed by atoms with Gasteiger partial charge in [-0.15, -0.1) is 113 Å². The fourth-order valence-corrected chi connectivity index (χ4v) is 23.3. The zero-order valence-corrected chi connectivity index (χ0v) is 47.6. The van der Waals surface area contributed by atoms with Gasteiger partial charge >= 0.3 is 0 Å². The second-order valence-electron chi connectivity index (χ2n) is 18.0. The summed E-state index contributed by atoms with van der Waals surface area (Å²) in [5.41, 5.74) is 11.2. The number of rotatable bonds is 4. The van der Waals surface area contributed by atoms with E-state index in [1.807, 2.05) is 71.4 Å². The van der Waals surface area contributed by atoms with Crippen molar-refractivity contribution in [3.8, 4) is 148 Å². The standard InChI is InChI=1S/C60H12N10S10/c61-13-23(14-62)46-28-1-3-71-51(28)53-30(46)5-38(73-53)40-7-32-48(25(17-65)18-66)34-9-42(77-57(34)55(32)75-40)44-11-36-50(27(21-69)22-70)37-12-45(80-60(37)59(36)79-44)43-10-35-49(26(19-67)20-68)33-8-41(76-56(33)58(35)78-43)39-6-31-47(24(15-63)16-64)29-2-4-72-52(29)54(31)74-39/h1-12H. The molecule has 0 spiro atoms. The van der Waals surface area contributed by atoms with Gasteiger partial charge in [0.05, 0.1) is 48.8 Å². The molecule has 10 aromatic heterocycles. The SMILES string of the molecule is N#CC(C#N)=C1c2ccsc2-c2sc(-c3cc4c(s3)-c3sc(-c5cc6c(s5)-c5sc(-c7cc8c(s7)-c7sc(-c9cc%10c(s9)-c9sccc9C%10=C(C#N)C#N)cc7C8=C(C#N)C#N)cc5C6=C(C#N)C#N)cc3C4=C(C#N)C#N)cc21. The smallest absolute Gasteiger partial charge is 0.138 e. The lowest BCUT2D eigenvalue weighted by atomic mass is 9.99. The maximum atomic E-state index is 10.4. The topological polar surface area (TPSA) is 238 Å². The van der Waals surface area contributed by atoms with Crippen molar-refractivity contribution in [1.29, 1.82) is 52.6 Å². The molecule has 5 aliphatic carbocycles. The molecule has 0 amide bonds. The van der Waals surface area contributed by atoms with E-state index in [2.05, 4.69) is 60.7 Å². The molecule has 20 heteroatoms. The Bertz CT molecular complexity index is 4930. The lowest BCUT2D eigenvalue weighted by Crippen LogP contribution is -1.86. The summed E-state index contributed by atoms with van der Waals surface area (Å²) in [5.74, 6) is 0. The number of fused-ring (bicyclic) bond motifs is 15. The number of hydrogen-bond donors (Lipinski definition) is 0. The molecule has 15 rings (SSSR count). The van der Waals surface area contributed by atoms with Crippen LogP contribution in [0, 0.1) is 113 Å². The first-order valence-electron chi connectivity index (χ1n) is 23.2. The molecule has 0 atom stereocenters. The van der Waals surface area contributed by atoms with E-state index in [0.29, 0.717) is 27.9 Å². The molecule has 0 aromatic carbocycles. The van der Waals surface area contributed by atoms with Gasteiger partial charge in [0.2, 0.25) is 0 Å². The van der Waals surface area contributed by atoms with E-state index < -0.39 is 0 Å². The van der Waals surface area contributed by atoms with Crippen molar-refractivity contribution in [2.24, 2.45) is 0 Å². The molecule has 80 heavy (non-hydrogen) atoms. The third-order valence-corrected chi connectivity index (χ3v) is 26.8. The normalized spacial score (nSPS) is 12.5. The van der Waals surface area contributed by atoms with E-state index in [-0.39, 0.29) is 27.9 Å². The average Bonchev–Trinajstić information content (AvgIpc) is 4.40. The van der Waals surface area contributed by atoms with E-state index in [0.717, 1.165) is 143 Å². The van der Waals surface area contributed by atoms with Crippen molar-refractivity contribution >= 4 is 141 Å². The maximum absolute atomic E-state index is 10.4. The lowest BCUT2D eigenvalue weighted by Gasteiger charge is -2.01. The summed E-state index contributed by atoms with van der Waals surface area (Å²) in [6.45, 7) is 0. The maximum Gasteiger partial charge on any atom is 0.138 e. The summed E-state index contributed by atoms with van der Waals surface area (Å²) in [7, 11) is 0. The minimum atomic E-state index is -0.0220. The van der Waals surface area contributed by atoms with Crippen molar-refractivity contribution in [3.63, 3.8) is 0 Å². The number of nitriles is 10. The summed E-state index contributed by atoms with van der Waals surface area (Å²) in [6.07, 6.45) is 0. The molecule has 0 aliphatic heterocycles. The van der Waals surface area contributed by atoms with E-state index in [1.54, 1.807) is 113 Å². The van der Waals surface area contributed by atoms with Gasteiger partial charge in [-0.2, -0.15) is 52.6 Å². The monoisotopic (exact) mass is 1190 g/mol. The second kappa shape index (κ2) is 17.6. The van der Waals surface area contributed by atoms with Gasteiger partial charge in [-0.05, 0) is 71.4 Å². The summed E-state index contributed by atoms with van der Waals surface area (Å²) in [4.78, 5) is 16.9. The van der Waals surface area contributed by atoms with Gasteiger partial charge in [-0.25, -0.2) is 0 Å². The number of allylic oxidation sites excluding steroid dienone is 5. The highest BCUT2D eigenvalue weighted by Crippen LogP contribution is 2.64. The van der Waals surface area contributed by atoms with Gasteiger partial charge in [-0.1, -0.05) is 0 Å². The third-order valence-electron chi connectivity index (χ3n) is 14.3. The Morgan fingerprint density at radius 2 is 0.388 bits per heavy atom. The Labute approximate surface area is 492 Å². The molecular formula is C60H12N10S10. The molecule has 0 saturated heterocycles. The first kappa shape index (κ1) is 47.8. The van der Waals surface area contributed by atoms with Crippen molar-refractivity contribution < 1.29 is 0 Å². The molecule has 0 radical (unpaired) electrons. The highest BCUT2D eigenvalue weighted by molar-refractivity contribution is 7.33. The van der Waals surface area contributed by atoms with Crippen LogP contribution in [0.2, 0.25) is 0 Å². The minimum Gasteiger partial charge on any atom is -0.192 e. The van der Waals surface area contributed by atoms with Crippen molar-refractivity contribution in [2.45, 2.75) is 0 Å². The van der Waals surface area contributed by atoms with Crippen molar-refractivity contribution in [3.05, 3.63) is 155 Å². The Balaban J connectivity index is 0.808. The van der Waals surface area contributed by atoms with E-state index in [1.165, 1.54) is 0 Å². The number of nitrogens with zero attached hydrogens (tertiary/aromatic N) is 10. The summed E-state index contributed by atoms with van der Waals surface area (Å²) in [6, 6.07) is 41.3. The Morgan fingerprint density at radius 3 is 0.562 bits per heavy atom. The highest BCUT2D eigenvalue weighted by atomic mass is 32.1. The fraction of sp³-hybridized carbons (Fsp3) is 0. The molecule has 10 heterocycles. The van der Waals surface area contributed by atoms with Gasteiger partial charge in [0.25, 0.3) is 0 Å². The van der Waals surface area contributed by atoms with Gasteiger partial charge in [0.1, 0.15) is 88.6 Å². The largest absolute Gasteiger partial charge is 0.192 e. The molecule has 0 unspecified atom stereocenters. The predicted octanol–water partition coefficient (Wildman–Crippen LogP) is 18.1. The van der Waals surface area contributed by atoms with Gasteiger partial charge in [-0.3, -0.25) is 0 Å². The summed E-state index contributed by atoms with van der Waals surface area (Å²) < 4.78 is 0. The fourth-order valence-electron chi connectivity index (χ4n) is 11.1. The minimum absolute atomic E-state index is 0.00635. The third kappa shape index (κ3) is 6.33. The lowest BCUT2D eigenvalue weighted by molar-refractivity contribution is 1.46. The number of hydrogen-bond acceptors (Lipinski definition) is 20. The molecule has 0 bridgehead atoms. The zero-order valence-electron chi connectivity index (χ0n) is 39.5. The Kier molecular flexibility index (Phi) is 10.5. The van der Waals surface area contributed by atoms with Crippen LogP contribution in [0.4, 0.5) is 0 Å². The van der Waals surface area contributed by atoms with Crippen LogP contribution in [-0.2, 0) is 0 Å². The Morgan fingerprint density at radius 1 is 0.225 bits per heavy atom. The Hall–Kier alpha value is -9.40. The van der Waals surface area contributed by atoms with Crippen LogP contribution < -0.4 is 0 Å². The average molecular weight is 1190 g/mol. The molecule has 10 nitrogen and oxygen atoms in total. The van der Waals surface area contributed by atoms with Crippen LogP contribution >= 0.6 is 113 Å². The number of thiophene rings is 10. The van der Waals surface area contributed by atoms with Crippen molar-refractivity contribution in [1.82, 2.24) is 0 Å². The van der Waals surface area contributed by atoms with Crippen LogP contribution in [0.3, 0.4) is 0 Å². The molecule has 5 aliphatic rings. The molecule has 0 N–H and O–H groups in total. The van der Waals surface area contributed by atoms with Crippen LogP contribution in [0.15, 0.2) is 99.3 Å². The van der Waals surface area contributed by atoms with Crippen molar-refractivity contribution in [2.75, 3.05) is 0 Å². The van der Waals surface area contributed by atoms with E-state index in [9.17, 15) is 52.6 Å². The molecule has 10 aromatic rings. The highest BCUT2D eigenvalue weighted by Gasteiger charge is 2.39. The van der Waals surface area contributed by atoms with Gasteiger partial charge in [0.15, 0.2) is 0 Å². The molecule has 0 fully saturated rings. The quantitative estimate of drug-likeness (QED) is 0.151. The summed E-state index contributed by atoms with van der Waals surface area (Å²) in [5, 5.41) is 106. The first-order chi connectivity index (χ1) is 39.2.